The minimum Gasteiger partial charge on any atom is -0.349 e. The monoisotopic (exact) mass is 377 g/mol. The Hall–Kier alpha value is -2.95. The number of hydrogen-bond donors (Lipinski definition) is 1. The minimum atomic E-state index is -0.753. The molecule has 1 aliphatic carbocycles. The zero-order chi connectivity index (χ0) is 20.3. The second kappa shape index (κ2) is 7.97. The number of rotatable bonds is 6. The highest BCUT2D eigenvalue weighted by molar-refractivity contribution is 5.94. The molecule has 3 rings (SSSR count). The molecule has 28 heavy (non-hydrogen) atoms. The Morgan fingerprint density at radius 1 is 1.21 bits per heavy atom. The summed E-state index contributed by atoms with van der Waals surface area (Å²) in [6.45, 7) is 9.44. The van der Waals surface area contributed by atoms with E-state index in [2.05, 4.69) is 29.0 Å². The number of carbonyl (C=O) groups excluding carboxylic acids is 2. The fourth-order valence-electron chi connectivity index (χ4n) is 3.55. The van der Waals surface area contributed by atoms with E-state index in [0.717, 1.165) is 6.42 Å². The van der Waals surface area contributed by atoms with Crippen molar-refractivity contribution in [1.82, 2.24) is 15.2 Å². The first kappa shape index (κ1) is 19.8. The molecule has 1 fully saturated rings. The molecule has 0 aliphatic heterocycles. The number of aromatic nitrogens is 1. The largest absolute Gasteiger partial charge is 0.349 e. The maximum atomic E-state index is 13.2. The smallest absolute Gasteiger partial charge is 0.247 e. The van der Waals surface area contributed by atoms with Crippen molar-refractivity contribution < 1.29 is 9.59 Å². The summed E-state index contributed by atoms with van der Waals surface area (Å²) in [5.41, 5.74) is 1.46. The molecular weight excluding hydrogens is 350 g/mol. The number of nitrogens with zero attached hydrogens (tertiary/aromatic N) is 2. The molecule has 5 heteroatoms. The van der Waals surface area contributed by atoms with E-state index in [0.29, 0.717) is 5.56 Å². The standard InChI is InChI=1S/C23H27N3O2/c1-5-20(27)26(19-14-18(19)16-10-7-6-8-11-16)21(17-12-9-13-24-15-17)22(28)25-23(2,3)4/h5-13,15,18-19,21H,1,14H2,2-4H3,(H,25,28)/t18-,19-,21?/m1/s1. The van der Waals surface area contributed by atoms with Crippen molar-refractivity contribution >= 4 is 11.8 Å². The first-order chi connectivity index (χ1) is 13.3. The van der Waals surface area contributed by atoms with Gasteiger partial charge >= 0.3 is 0 Å². The van der Waals surface area contributed by atoms with Crippen LogP contribution in [0.3, 0.4) is 0 Å². The average molecular weight is 377 g/mol. The normalized spacial score (nSPS) is 19.4. The van der Waals surface area contributed by atoms with Crippen LogP contribution in [-0.2, 0) is 9.59 Å². The van der Waals surface area contributed by atoms with E-state index < -0.39 is 11.6 Å². The molecule has 0 bridgehead atoms. The van der Waals surface area contributed by atoms with Crippen LogP contribution in [0.5, 0.6) is 0 Å². The molecule has 0 spiro atoms. The van der Waals surface area contributed by atoms with Crippen molar-refractivity contribution in [1.29, 1.82) is 0 Å². The van der Waals surface area contributed by atoms with Crippen molar-refractivity contribution in [2.75, 3.05) is 0 Å². The van der Waals surface area contributed by atoms with Crippen LogP contribution >= 0.6 is 0 Å². The van der Waals surface area contributed by atoms with E-state index in [4.69, 9.17) is 0 Å². The molecule has 1 heterocycles. The van der Waals surface area contributed by atoms with Crippen molar-refractivity contribution in [3.63, 3.8) is 0 Å². The third-order valence-corrected chi connectivity index (χ3v) is 4.80. The molecule has 2 aromatic rings. The Morgan fingerprint density at radius 3 is 2.50 bits per heavy atom. The molecule has 5 nitrogen and oxygen atoms in total. The highest BCUT2D eigenvalue weighted by Crippen LogP contribution is 2.47. The van der Waals surface area contributed by atoms with Gasteiger partial charge in [0.15, 0.2) is 0 Å². The van der Waals surface area contributed by atoms with Crippen molar-refractivity contribution in [2.45, 2.75) is 50.7 Å². The van der Waals surface area contributed by atoms with Gasteiger partial charge in [-0.2, -0.15) is 0 Å². The maximum Gasteiger partial charge on any atom is 0.247 e. The SMILES string of the molecule is C=CC(=O)N(C(C(=O)NC(C)(C)C)c1cccnc1)[C@@H]1C[C@@H]1c1ccccc1. The van der Waals surface area contributed by atoms with Gasteiger partial charge in [-0.3, -0.25) is 14.6 Å². The lowest BCUT2D eigenvalue weighted by Crippen LogP contribution is -2.49. The highest BCUT2D eigenvalue weighted by atomic mass is 16.2. The van der Waals surface area contributed by atoms with Gasteiger partial charge in [0.05, 0.1) is 0 Å². The van der Waals surface area contributed by atoms with Crippen molar-refractivity contribution in [2.24, 2.45) is 0 Å². The van der Waals surface area contributed by atoms with Gasteiger partial charge in [-0.1, -0.05) is 43.0 Å². The first-order valence-electron chi connectivity index (χ1n) is 9.53. The fraction of sp³-hybridized carbons (Fsp3) is 0.348. The van der Waals surface area contributed by atoms with Gasteiger partial charge in [-0.05, 0) is 44.9 Å². The summed E-state index contributed by atoms with van der Waals surface area (Å²) >= 11 is 0. The zero-order valence-electron chi connectivity index (χ0n) is 16.6. The molecule has 1 unspecified atom stereocenters. The Labute approximate surface area is 166 Å². The molecule has 1 aromatic carbocycles. The maximum absolute atomic E-state index is 13.2. The lowest BCUT2D eigenvalue weighted by molar-refractivity contribution is -0.139. The molecule has 146 valence electrons. The summed E-state index contributed by atoms with van der Waals surface area (Å²) < 4.78 is 0. The summed E-state index contributed by atoms with van der Waals surface area (Å²) in [7, 11) is 0. The topological polar surface area (TPSA) is 62.3 Å². The molecule has 0 saturated heterocycles. The Kier molecular flexibility index (Phi) is 5.63. The van der Waals surface area contributed by atoms with Gasteiger partial charge in [0.2, 0.25) is 11.8 Å². The predicted octanol–water partition coefficient (Wildman–Crippen LogP) is 3.61. The third-order valence-electron chi connectivity index (χ3n) is 4.80. The summed E-state index contributed by atoms with van der Waals surface area (Å²) in [6, 6.07) is 12.9. The van der Waals surface area contributed by atoms with Crippen LogP contribution in [-0.4, -0.2) is 33.3 Å². The second-order valence-electron chi connectivity index (χ2n) is 8.20. The van der Waals surface area contributed by atoms with Gasteiger partial charge in [0, 0.05) is 35.5 Å². The predicted molar refractivity (Wildman–Crippen MR) is 110 cm³/mol. The molecule has 1 N–H and O–H groups in total. The Morgan fingerprint density at radius 2 is 1.93 bits per heavy atom. The molecule has 0 radical (unpaired) electrons. The van der Waals surface area contributed by atoms with Crippen LogP contribution in [0.4, 0.5) is 0 Å². The van der Waals surface area contributed by atoms with Gasteiger partial charge in [0.25, 0.3) is 0 Å². The van der Waals surface area contributed by atoms with Gasteiger partial charge < -0.3 is 10.2 Å². The quantitative estimate of drug-likeness (QED) is 0.782. The minimum absolute atomic E-state index is 0.0520. The molecule has 1 aromatic heterocycles. The zero-order valence-corrected chi connectivity index (χ0v) is 16.6. The Bertz CT molecular complexity index is 843. The first-order valence-corrected chi connectivity index (χ1v) is 9.53. The number of hydrogen-bond acceptors (Lipinski definition) is 3. The summed E-state index contributed by atoms with van der Waals surface area (Å²) in [4.78, 5) is 31.9. The van der Waals surface area contributed by atoms with E-state index in [1.807, 2.05) is 45.0 Å². The number of benzene rings is 1. The molecular formula is C23H27N3O2. The van der Waals surface area contributed by atoms with Crippen LogP contribution in [0.2, 0.25) is 0 Å². The molecule has 1 aliphatic rings. The van der Waals surface area contributed by atoms with Crippen LogP contribution in [0.1, 0.15) is 50.3 Å². The molecule has 1 saturated carbocycles. The average Bonchev–Trinajstić information content (AvgIpc) is 3.45. The number of amides is 2. The van der Waals surface area contributed by atoms with Crippen LogP contribution in [0.25, 0.3) is 0 Å². The van der Waals surface area contributed by atoms with Crippen molar-refractivity contribution in [3.8, 4) is 0 Å². The van der Waals surface area contributed by atoms with Crippen LogP contribution < -0.4 is 5.32 Å². The lowest BCUT2D eigenvalue weighted by Gasteiger charge is -2.33. The van der Waals surface area contributed by atoms with Crippen LogP contribution in [0, 0.1) is 0 Å². The van der Waals surface area contributed by atoms with E-state index >= 15 is 0 Å². The van der Waals surface area contributed by atoms with E-state index in [1.165, 1.54) is 11.6 Å². The summed E-state index contributed by atoms with van der Waals surface area (Å²) in [5, 5.41) is 3.02. The van der Waals surface area contributed by atoms with Gasteiger partial charge in [-0.15, -0.1) is 0 Å². The number of carbonyl (C=O) groups is 2. The highest BCUT2D eigenvalue weighted by Gasteiger charge is 2.49. The number of pyridine rings is 1. The van der Waals surface area contributed by atoms with Crippen molar-refractivity contribution in [3.05, 3.63) is 78.6 Å². The fourth-order valence-corrected chi connectivity index (χ4v) is 3.55. The number of nitrogens with one attached hydrogen (secondary N) is 1. The van der Waals surface area contributed by atoms with E-state index in [-0.39, 0.29) is 23.8 Å². The summed E-state index contributed by atoms with van der Waals surface area (Å²) in [6.07, 6.45) is 5.42. The molecule has 3 atom stereocenters. The third kappa shape index (κ3) is 4.47. The summed E-state index contributed by atoms with van der Waals surface area (Å²) in [5.74, 6) is -0.248. The van der Waals surface area contributed by atoms with Crippen LogP contribution in [0.15, 0.2) is 67.5 Å². The second-order valence-corrected chi connectivity index (χ2v) is 8.20. The lowest BCUT2D eigenvalue weighted by atomic mass is 10.0. The Balaban J connectivity index is 1.97. The van der Waals surface area contributed by atoms with E-state index in [1.54, 1.807) is 23.4 Å². The van der Waals surface area contributed by atoms with Gasteiger partial charge in [0.1, 0.15) is 6.04 Å². The molecule has 2 amide bonds. The van der Waals surface area contributed by atoms with E-state index in [9.17, 15) is 9.59 Å². The van der Waals surface area contributed by atoms with Gasteiger partial charge in [-0.25, -0.2) is 0 Å².